The molecule has 3 aromatic rings. The molecule has 0 bridgehead atoms. The summed E-state index contributed by atoms with van der Waals surface area (Å²) in [7, 11) is 0. The molecule has 0 unspecified atom stereocenters. The van der Waals surface area contributed by atoms with Crippen molar-refractivity contribution in [3.8, 4) is 0 Å². The van der Waals surface area contributed by atoms with Gasteiger partial charge in [-0.3, -0.25) is 14.0 Å². The van der Waals surface area contributed by atoms with Crippen LogP contribution in [0.25, 0.3) is 16.7 Å². The Hall–Kier alpha value is -3.03. The Morgan fingerprint density at radius 3 is 2.57 bits per heavy atom. The number of anilines is 2. The lowest BCUT2D eigenvalue weighted by Crippen LogP contribution is -2.19. The molecule has 2 N–H and O–H groups in total. The first kappa shape index (κ1) is 21.7. The summed E-state index contributed by atoms with van der Waals surface area (Å²) in [5.74, 6) is 1.61. The lowest BCUT2D eigenvalue weighted by atomic mass is 9.88. The Bertz CT molecular complexity index is 1080. The van der Waals surface area contributed by atoms with Crippen molar-refractivity contribution in [2.45, 2.75) is 60.3 Å². The van der Waals surface area contributed by atoms with Gasteiger partial charge >= 0.3 is 0 Å². The largest absolute Gasteiger partial charge is 0.367 e. The molecule has 0 saturated carbocycles. The molecule has 0 atom stereocenters. The SMILES string of the molecule is CC(=O)Nc1ccc2c(c1)nc(NCCCCCC(=O)C(C)(C)C)c1nnc(C)n12. The highest BCUT2D eigenvalue weighted by molar-refractivity contribution is 5.92. The maximum absolute atomic E-state index is 12.0. The topological polar surface area (TPSA) is 101 Å². The molecule has 1 amide bonds. The van der Waals surface area contributed by atoms with E-state index in [1.54, 1.807) is 0 Å². The zero-order chi connectivity index (χ0) is 21.9. The Balaban J connectivity index is 1.71. The molecule has 30 heavy (non-hydrogen) atoms. The smallest absolute Gasteiger partial charge is 0.221 e. The van der Waals surface area contributed by atoms with E-state index in [4.69, 9.17) is 4.98 Å². The third kappa shape index (κ3) is 4.93. The van der Waals surface area contributed by atoms with Crippen molar-refractivity contribution >= 4 is 39.9 Å². The van der Waals surface area contributed by atoms with E-state index in [1.165, 1.54) is 6.92 Å². The van der Waals surface area contributed by atoms with Gasteiger partial charge in [0.25, 0.3) is 0 Å². The fourth-order valence-electron chi connectivity index (χ4n) is 3.35. The lowest BCUT2D eigenvalue weighted by Gasteiger charge is -2.16. The number of aryl methyl sites for hydroxylation is 1. The Labute approximate surface area is 176 Å². The lowest BCUT2D eigenvalue weighted by molar-refractivity contribution is -0.126. The van der Waals surface area contributed by atoms with Crippen LogP contribution in [0.15, 0.2) is 18.2 Å². The summed E-state index contributed by atoms with van der Waals surface area (Å²) in [6, 6.07) is 5.60. The van der Waals surface area contributed by atoms with Gasteiger partial charge in [-0.2, -0.15) is 0 Å². The molecular formula is C22H30N6O2. The predicted octanol–water partition coefficient (Wildman–Crippen LogP) is 4.13. The molecular weight excluding hydrogens is 380 g/mol. The fraction of sp³-hybridized carbons (Fsp3) is 0.500. The summed E-state index contributed by atoms with van der Waals surface area (Å²) in [6.07, 6.45) is 3.42. The maximum atomic E-state index is 12.0. The summed E-state index contributed by atoms with van der Waals surface area (Å²) < 4.78 is 1.96. The number of carbonyl (C=O) groups is 2. The number of hydrogen-bond acceptors (Lipinski definition) is 6. The van der Waals surface area contributed by atoms with Crippen molar-refractivity contribution in [1.82, 2.24) is 19.6 Å². The molecule has 2 heterocycles. The van der Waals surface area contributed by atoms with Gasteiger partial charge in [0.2, 0.25) is 11.6 Å². The minimum absolute atomic E-state index is 0.126. The number of nitrogens with one attached hydrogen (secondary N) is 2. The molecule has 8 nitrogen and oxygen atoms in total. The van der Waals surface area contributed by atoms with Crippen LogP contribution in [0.5, 0.6) is 0 Å². The minimum Gasteiger partial charge on any atom is -0.367 e. The molecule has 0 aliphatic carbocycles. The van der Waals surface area contributed by atoms with Crippen LogP contribution in [0.1, 0.15) is 59.2 Å². The summed E-state index contributed by atoms with van der Waals surface area (Å²) >= 11 is 0. The van der Waals surface area contributed by atoms with E-state index in [9.17, 15) is 9.59 Å². The number of amides is 1. The second-order valence-corrected chi connectivity index (χ2v) is 8.66. The summed E-state index contributed by atoms with van der Waals surface area (Å²) in [5.41, 5.74) is 2.74. The molecule has 0 aliphatic rings. The number of aromatic nitrogens is 4. The van der Waals surface area contributed by atoms with Gasteiger partial charge in [-0.05, 0) is 38.0 Å². The van der Waals surface area contributed by atoms with E-state index in [2.05, 4.69) is 20.8 Å². The van der Waals surface area contributed by atoms with Crippen LogP contribution in [-0.4, -0.2) is 37.8 Å². The van der Waals surface area contributed by atoms with Crippen molar-refractivity contribution in [3.63, 3.8) is 0 Å². The molecule has 0 radical (unpaired) electrons. The van der Waals surface area contributed by atoms with Gasteiger partial charge in [0, 0.05) is 31.0 Å². The van der Waals surface area contributed by atoms with Gasteiger partial charge in [-0.1, -0.05) is 27.2 Å². The average Bonchev–Trinajstić information content (AvgIpc) is 3.05. The van der Waals surface area contributed by atoms with E-state index in [-0.39, 0.29) is 11.3 Å². The van der Waals surface area contributed by atoms with E-state index < -0.39 is 0 Å². The highest BCUT2D eigenvalue weighted by atomic mass is 16.1. The van der Waals surface area contributed by atoms with Crippen molar-refractivity contribution in [1.29, 1.82) is 0 Å². The van der Waals surface area contributed by atoms with Crippen LogP contribution >= 0.6 is 0 Å². The van der Waals surface area contributed by atoms with Crippen molar-refractivity contribution < 1.29 is 9.59 Å². The first-order valence-corrected chi connectivity index (χ1v) is 10.4. The fourth-order valence-corrected chi connectivity index (χ4v) is 3.35. The molecule has 160 valence electrons. The highest BCUT2D eigenvalue weighted by Crippen LogP contribution is 2.24. The number of unbranched alkanes of at least 4 members (excludes halogenated alkanes) is 2. The predicted molar refractivity (Wildman–Crippen MR) is 119 cm³/mol. The van der Waals surface area contributed by atoms with Gasteiger partial charge in [-0.25, -0.2) is 4.98 Å². The van der Waals surface area contributed by atoms with Gasteiger partial charge in [-0.15, -0.1) is 10.2 Å². The highest BCUT2D eigenvalue weighted by Gasteiger charge is 2.20. The van der Waals surface area contributed by atoms with Gasteiger partial charge < -0.3 is 10.6 Å². The van der Waals surface area contributed by atoms with E-state index in [0.29, 0.717) is 29.4 Å². The van der Waals surface area contributed by atoms with Crippen LogP contribution < -0.4 is 10.6 Å². The first-order chi connectivity index (χ1) is 14.2. The normalized spacial score (nSPS) is 11.8. The van der Waals surface area contributed by atoms with Crippen LogP contribution in [0.4, 0.5) is 11.5 Å². The van der Waals surface area contributed by atoms with Crippen molar-refractivity contribution in [2.24, 2.45) is 5.41 Å². The van der Waals surface area contributed by atoms with Crippen molar-refractivity contribution in [2.75, 3.05) is 17.2 Å². The van der Waals surface area contributed by atoms with E-state index >= 15 is 0 Å². The van der Waals surface area contributed by atoms with E-state index in [0.717, 1.165) is 42.7 Å². The van der Waals surface area contributed by atoms with Gasteiger partial charge in [0.1, 0.15) is 11.6 Å². The zero-order valence-corrected chi connectivity index (χ0v) is 18.4. The summed E-state index contributed by atoms with van der Waals surface area (Å²) in [5, 5.41) is 14.6. The number of carbonyl (C=O) groups excluding carboxylic acids is 2. The molecule has 0 fully saturated rings. The van der Waals surface area contributed by atoms with E-state index in [1.807, 2.05) is 50.3 Å². The quantitative estimate of drug-likeness (QED) is 0.542. The number of nitrogens with zero attached hydrogens (tertiary/aromatic N) is 4. The number of ketones is 1. The van der Waals surface area contributed by atoms with Crippen LogP contribution in [0, 0.1) is 12.3 Å². The number of rotatable bonds is 8. The second kappa shape index (κ2) is 8.77. The van der Waals surface area contributed by atoms with Gasteiger partial charge in [0.15, 0.2) is 5.82 Å². The third-order valence-corrected chi connectivity index (χ3v) is 5.02. The number of benzene rings is 1. The number of hydrogen-bond donors (Lipinski definition) is 2. The molecule has 0 spiro atoms. The second-order valence-electron chi connectivity index (χ2n) is 8.66. The molecule has 2 aromatic heterocycles. The Morgan fingerprint density at radius 2 is 1.87 bits per heavy atom. The van der Waals surface area contributed by atoms with Crippen LogP contribution in [-0.2, 0) is 9.59 Å². The maximum Gasteiger partial charge on any atom is 0.221 e. The summed E-state index contributed by atoms with van der Waals surface area (Å²) in [4.78, 5) is 28.1. The summed E-state index contributed by atoms with van der Waals surface area (Å²) in [6.45, 7) is 10.0. The van der Waals surface area contributed by atoms with Crippen LogP contribution in [0.2, 0.25) is 0 Å². The molecule has 8 heteroatoms. The van der Waals surface area contributed by atoms with Crippen LogP contribution in [0.3, 0.4) is 0 Å². The number of Topliss-reactive ketones (excluding diaryl/α,β-unsaturated/α-hetero) is 1. The monoisotopic (exact) mass is 410 g/mol. The van der Waals surface area contributed by atoms with Gasteiger partial charge in [0.05, 0.1) is 11.0 Å². The molecule has 0 saturated heterocycles. The standard InChI is InChI=1S/C22H30N6O2/c1-14-26-27-21-20(23-12-8-6-7-9-19(30)22(3,4)5)25-17-13-16(24-15(2)29)10-11-18(17)28(14)21/h10-11,13H,6-9,12H2,1-5H3,(H,23,25)(H,24,29). The van der Waals surface area contributed by atoms with Crippen molar-refractivity contribution in [3.05, 3.63) is 24.0 Å². The molecule has 3 rings (SSSR count). The Kier molecular flexibility index (Phi) is 6.34. The Morgan fingerprint density at radius 1 is 1.10 bits per heavy atom. The first-order valence-electron chi connectivity index (χ1n) is 10.4. The average molecular weight is 411 g/mol. The number of fused-ring (bicyclic) bond motifs is 3. The molecule has 0 aliphatic heterocycles. The molecule has 1 aromatic carbocycles. The third-order valence-electron chi connectivity index (χ3n) is 5.02. The minimum atomic E-state index is -0.263. The zero-order valence-electron chi connectivity index (χ0n) is 18.4.